The van der Waals surface area contributed by atoms with Crippen molar-refractivity contribution in [3.8, 4) is 5.75 Å². The van der Waals surface area contributed by atoms with Gasteiger partial charge in [0.25, 0.3) is 0 Å². The lowest BCUT2D eigenvalue weighted by molar-refractivity contribution is -0.116. The quantitative estimate of drug-likeness (QED) is 0.158. The molecule has 0 aliphatic heterocycles. The molecule has 37 heavy (non-hydrogen) atoms. The van der Waals surface area contributed by atoms with Crippen molar-refractivity contribution >= 4 is 60.8 Å². The van der Waals surface area contributed by atoms with Gasteiger partial charge in [0.2, 0.25) is 5.91 Å². The fourth-order valence-corrected chi connectivity index (χ4v) is 5.22. The molecule has 9 nitrogen and oxygen atoms in total. The zero-order valence-electron chi connectivity index (χ0n) is 21.0. The molecule has 0 unspecified atom stereocenters. The number of amides is 1. The standard InChI is InChI=1S/C25H34N4O5S2.ClH/c1-25(2,31)17-27-18-9-12-20(13-10-18)36(32,33)34-19-11-14-21-22(16-19)35-24(28-21)29-23(30)8-6-4-3-5-7-15-26;/h9-14,16,27,31H,3-8,15,17,26H2,1-2H3,(H,28,29,30);1H. The van der Waals surface area contributed by atoms with Crippen LogP contribution >= 0.6 is 23.7 Å². The first-order valence-electron chi connectivity index (χ1n) is 12.0. The Kier molecular flexibility index (Phi) is 11.6. The molecule has 204 valence electrons. The summed E-state index contributed by atoms with van der Waals surface area (Å²) in [5.74, 6) is 0.0677. The molecule has 3 aromatic rings. The highest BCUT2D eigenvalue weighted by Gasteiger charge is 2.18. The molecule has 0 atom stereocenters. The number of benzene rings is 2. The molecule has 0 radical (unpaired) electrons. The van der Waals surface area contributed by atoms with Crippen LogP contribution in [0.25, 0.3) is 10.2 Å². The smallest absolute Gasteiger partial charge is 0.339 e. The number of fused-ring (bicyclic) bond motifs is 1. The first kappa shape index (κ1) is 30.8. The van der Waals surface area contributed by atoms with Gasteiger partial charge in [-0.25, -0.2) is 4.98 Å². The Hall–Kier alpha value is -2.44. The van der Waals surface area contributed by atoms with Crippen molar-refractivity contribution in [2.24, 2.45) is 5.73 Å². The Morgan fingerprint density at radius 3 is 2.43 bits per heavy atom. The highest BCUT2D eigenvalue weighted by molar-refractivity contribution is 7.87. The number of rotatable bonds is 14. The lowest BCUT2D eigenvalue weighted by Gasteiger charge is -2.18. The number of anilines is 2. The van der Waals surface area contributed by atoms with Gasteiger partial charge in [-0.15, -0.1) is 12.4 Å². The van der Waals surface area contributed by atoms with E-state index in [1.165, 1.54) is 29.5 Å². The molecule has 0 spiro atoms. The Bertz CT molecular complexity index is 1260. The molecule has 1 amide bonds. The maximum absolute atomic E-state index is 12.7. The Labute approximate surface area is 228 Å². The van der Waals surface area contributed by atoms with E-state index in [0.717, 1.165) is 32.1 Å². The molecule has 1 heterocycles. The third kappa shape index (κ3) is 10.1. The number of hydrogen-bond acceptors (Lipinski definition) is 9. The van der Waals surface area contributed by atoms with Crippen LogP contribution in [0.5, 0.6) is 5.75 Å². The van der Waals surface area contributed by atoms with Gasteiger partial charge in [-0.3, -0.25) is 4.79 Å². The van der Waals surface area contributed by atoms with E-state index in [-0.39, 0.29) is 29.0 Å². The summed E-state index contributed by atoms with van der Waals surface area (Å²) in [5.41, 5.74) is 5.92. The Morgan fingerprint density at radius 1 is 1.08 bits per heavy atom. The van der Waals surface area contributed by atoms with Gasteiger partial charge in [0.1, 0.15) is 10.6 Å². The van der Waals surface area contributed by atoms with E-state index in [4.69, 9.17) is 9.92 Å². The summed E-state index contributed by atoms with van der Waals surface area (Å²) < 4.78 is 31.5. The number of aliphatic hydroxyl groups is 1. The second-order valence-electron chi connectivity index (χ2n) is 9.23. The van der Waals surface area contributed by atoms with Crippen LogP contribution < -0.4 is 20.6 Å². The van der Waals surface area contributed by atoms with Gasteiger partial charge >= 0.3 is 10.1 Å². The molecular weight excluding hydrogens is 536 g/mol. The minimum absolute atomic E-state index is 0. The molecule has 0 fully saturated rings. The van der Waals surface area contributed by atoms with E-state index in [0.29, 0.717) is 40.5 Å². The molecule has 3 rings (SSSR count). The first-order valence-corrected chi connectivity index (χ1v) is 14.2. The van der Waals surface area contributed by atoms with Gasteiger partial charge in [0, 0.05) is 24.7 Å². The summed E-state index contributed by atoms with van der Waals surface area (Å²) in [4.78, 5) is 16.6. The second kappa shape index (κ2) is 13.9. The molecule has 0 saturated carbocycles. The molecule has 1 aromatic heterocycles. The number of nitrogens with two attached hydrogens (primary N) is 1. The molecule has 0 bridgehead atoms. The number of thiazole rings is 1. The SMILES string of the molecule is CC(C)(O)CNc1ccc(S(=O)(=O)Oc2ccc3nc(NC(=O)CCCCCCCN)sc3c2)cc1.Cl. The first-order chi connectivity index (χ1) is 17.1. The molecule has 0 aliphatic carbocycles. The summed E-state index contributed by atoms with van der Waals surface area (Å²) in [6.07, 6.45) is 5.40. The maximum Gasteiger partial charge on any atom is 0.339 e. The van der Waals surface area contributed by atoms with Crippen molar-refractivity contribution in [2.75, 3.05) is 23.7 Å². The zero-order chi connectivity index (χ0) is 26.2. The normalized spacial score (nSPS) is 11.7. The van der Waals surface area contributed by atoms with E-state index in [1.807, 2.05) is 0 Å². The van der Waals surface area contributed by atoms with E-state index >= 15 is 0 Å². The van der Waals surface area contributed by atoms with Gasteiger partial charge in [-0.2, -0.15) is 8.42 Å². The lowest BCUT2D eigenvalue weighted by Crippen LogP contribution is -2.29. The summed E-state index contributed by atoms with van der Waals surface area (Å²) in [6, 6.07) is 10.9. The van der Waals surface area contributed by atoms with E-state index in [2.05, 4.69) is 15.6 Å². The highest BCUT2D eigenvalue weighted by atomic mass is 35.5. The Balaban J connectivity index is 0.00000481. The van der Waals surface area contributed by atoms with Crippen LogP contribution in [0.3, 0.4) is 0 Å². The third-order valence-electron chi connectivity index (χ3n) is 5.29. The number of halogens is 1. The maximum atomic E-state index is 12.7. The fourth-order valence-electron chi connectivity index (χ4n) is 3.38. The van der Waals surface area contributed by atoms with Gasteiger partial charge in [0.05, 0.1) is 15.8 Å². The summed E-state index contributed by atoms with van der Waals surface area (Å²) >= 11 is 1.26. The van der Waals surface area contributed by atoms with E-state index in [9.17, 15) is 18.3 Å². The summed E-state index contributed by atoms with van der Waals surface area (Å²) in [7, 11) is -4.04. The van der Waals surface area contributed by atoms with Gasteiger partial charge in [0.15, 0.2) is 5.13 Å². The minimum atomic E-state index is -4.04. The number of unbranched alkanes of at least 4 members (excludes halogenated alkanes) is 4. The van der Waals surface area contributed by atoms with E-state index < -0.39 is 15.7 Å². The predicted octanol–water partition coefficient (Wildman–Crippen LogP) is 4.91. The average Bonchev–Trinajstić information content (AvgIpc) is 3.21. The van der Waals surface area contributed by atoms with E-state index in [1.54, 1.807) is 38.1 Å². The number of carbonyl (C=O) groups is 1. The number of hydrogen-bond donors (Lipinski definition) is 4. The molecular formula is C25H35ClN4O5S2. The van der Waals surface area contributed by atoms with Crippen molar-refractivity contribution < 1.29 is 22.5 Å². The van der Waals surface area contributed by atoms with Crippen LogP contribution in [-0.2, 0) is 14.9 Å². The van der Waals surface area contributed by atoms with Crippen molar-refractivity contribution in [3.63, 3.8) is 0 Å². The highest BCUT2D eigenvalue weighted by Crippen LogP contribution is 2.31. The molecule has 0 saturated heterocycles. The lowest BCUT2D eigenvalue weighted by atomic mass is 10.1. The average molecular weight is 571 g/mol. The number of nitrogens with one attached hydrogen (secondary N) is 2. The van der Waals surface area contributed by atoms with Gasteiger partial charge in [-0.05, 0) is 69.6 Å². The topological polar surface area (TPSA) is 144 Å². The van der Waals surface area contributed by atoms with Crippen molar-refractivity contribution in [1.29, 1.82) is 0 Å². The van der Waals surface area contributed by atoms with Crippen LogP contribution in [0.1, 0.15) is 52.4 Å². The number of carbonyl (C=O) groups excluding carboxylic acids is 1. The van der Waals surface area contributed by atoms with Crippen molar-refractivity contribution in [1.82, 2.24) is 4.98 Å². The summed E-state index contributed by atoms with van der Waals surface area (Å²) in [5, 5.41) is 16.1. The second-order valence-corrected chi connectivity index (χ2v) is 11.8. The predicted molar refractivity (Wildman–Crippen MR) is 151 cm³/mol. The monoisotopic (exact) mass is 570 g/mol. The molecule has 2 aromatic carbocycles. The Morgan fingerprint density at radius 2 is 1.76 bits per heavy atom. The minimum Gasteiger partial charge on any atom is -0.389 e. The largest absolute Gasteiger partial charge is 0.389 e. The zero-order valence-corrected chi connectivity index (χ0v) is 23.5. The van der Waals surface area contributed by atoms with Gasteiger partial charge < -0.3 is 25.7 Å². The van der Waals surface area contributed by atoms with Crippen LogP contribution in [0.4, 0.5) is 10.8 Å². The van der Waals surface area contributed by atoms with Crippen LogP contribution in [0.15, 0.2) is 47.4 Å². The third-order valence-corrected chi connectivity index (χ3v) is 7.48. The number of aromatic nitrogens is 1. The fraction of sp³-hybridized carbons (Fsp3) is 0.440. The van der Waals surface area contributed by atoms with Crippen molar-refractivity contribution in [3.05, 3.63) is 42.5 Å². The van der Waals surface area contributed by atoms with Crippen LogP contribution in [0.2, 0.25) is 0 Å². The van der Waals surface area contributed by atoms with Gasteiger partial charge in [-0.1, -0.05) is 30.6 Å². The van der Waals surface area contributed by atoms with Crippen LogP contribution in [0, 0.1) is 0 Å². The molecule has 5 N–H and O–H groups in total. The molecule has 12 heteroatoms. The van der Waals surface area contributed by atoms with Crippen LogP contribution in [-0.4, -0.2) is 43.1 Å². The number of nitrogens with zero attached hydrogens (tertiary/aromatic N) is 1. The molecule has 0 aliphatic rings. The summed E-state index contributed by atoms with van der Waals surface area (Å²) in [6.45, 7) is 4.38. The van der Waals surface area contributed by atoms with Crippen molar-refractivity contribution in [2.45, 2.75) is 62.9 Å².